The Labute approximate surface area is 83.4 Å². The number of thiazole rings is 1. The second-order valence-electron chi connectivity index (χ2n) is 2.82. The Balaban J connectivity index is 2.14. The van der Waals surface area contributed by atoms with E-state index in [9.17, 15) is 0 Å². The standard InChI is InChI=1S/C10H14N2S/c1-3-4-6-11-7-5-10-9(2)12-8-13-10/h1,8,11H,4-7H2,2H3. The summed E-state index contributed by atoms with van der Waals surface area (Å²) in [6.07, 6.45) is 7.00. The lowest BCUT2D eigenvalue weighted by Gasteiger charge is -2.00. The molecule has 1 heterocycles. The van der Waals surface area contributed by atoms with Crippen LogP contribution >= 0.6 is 11.3 Å². The first-order chi connectivity index (χ1) is 6.34. The first-order valence-electron chi connectivity index (χ1n) is 4.37. The lowest BCUT2D eigenvalue weighted by molar-refractivity contribution is 0.696. The monoisotopic (exact) mass is 194 g/mol. The average molecular weight is 194 g/mol. The number of hydrogen-bond donors (Lipinski definition) is 1. The van der Waals surface area contributed by atoms with Crippen LogP contribution in [0.25, 0.3) is 0 Å². The van der Waals surface area contributed by atoms with E-state index in [4.69, 9.17) is 6.42 Å². The van der Waals surface area contributed by atoms with Crippen molar-refractivity contribution < 1.29 is 0 Å². The van der Waals surface area contributed by atoms with Gasteiger partial charge in [-0.25, -0.2) is 4.98 Å². The topological polar surface area (TPSA) is 24.9 Å². The minimum atomic E-state index is 0.807. The van der Waals surface area contributed by atoms with Crippen molar-refractivity contribution in [1.82, 2.24) is 10.3 Å². The highest BCUT2D eigenvalue weighted by Gasteiger charge is 1.99. The Morgan fingerprint density at radius 3 is 3.08 bits per heavy atom. The van der Waals surface area contributed by atoms with Gasteiger partial charge in [0, 0.05) is 24.4 Å². The first-order valence-corrected chi connectivity index (χ1v) is 5.25. The molecule has 2 nitrogen and oxygen atoms in total. The number of nitrogens with one attached hydrogen (secondary N) is 1. The van der Waals surface area contributed by atoms with Gasteiger partial charge in [-0.15, -0.1) is 23.7 Å². The number of aromatic nitrogens is 1. The molecule has 0 amide bonds. The van der Waals surface area contributed by atoms with E-state index in [0.717, 1.165) is 31.6 Å². The first kappa shape index (κ1) is 10.2. The third-order valence-corrected chi connectivity index (χ3v) is 2.81. The van der Waals surface area contributed by atoms with E-state index < -0.39 is 0 Å². The van der Waals surface area contributed by atoms with Crippen LogP contribution in [0.1, 0.15) is 17.0 Å². The molecule has 0 saturated carbocycles. The van der Waals surface area contributed by atoms with E-state index in [1.54, 1.807) is 11.3 Å². The van der Waals surface area contributed by atoms with Crippen LogP contribution in [0.3, 0.4) is 0 Å². The predicted molar refractivity (Wildman–Crippen MR) is 56.9 cm³/mol. The lowest BCUT2D eigenvalue weighted by Crippen LogP contribution is -2.17. The highest BCUT2D eigenvalue weighted by atomic mass is 32.1. The van der Waals surface area contributed by atoms with Crippen molar-refractivity contribution in [2.45, 2.75) is 19.8 Å². The quantitative estimate of drug-likeness (QED) is 0.569. The zero-order chi connectivity index (χ0) is 9.52. The molecule has 1 aromatic rings. The summed E-state index contributed by atoms with van der Waals surface area (Å²) in [6, 6.07) is 0. The molecule has 0 atom stereocenters. The normalized spacial score (nSPS) is 9.85. The van der Waals surface area contributed by atoms with Crippen molar-refractivity contribution in [2.75, 3.05) is 13.1 Å². The van der Waals surface area contributed by atoms with Crippen LogP contribution in [-0.4, -0.2) is 18.1 Å². The van der Waals surface area contributed by atoms with Crippen LogP contribution in [0.15, 0.2) is 5.51 Å². The molecule has 1 rings (SSSR count). The van der Waals surface area contributed by atoms with E-state index in [1.165, 1.54) is 4.88 Å². The third kappa shape index (κ3) is 3.58. The minimum absolute atomic E-state index is 0.807. The molecule has 3 heteroatoms. The zero-order valence-electron chi connectivity index (χ0n) is 7.84. The molecule has 13 heavy (non-hydrogen) atoms. The Kier molecular flexibility index (Phi) is 4.52. The Morgan fingerprint density at radius 1 is 1.62 bits per heavy atom. The molecule has 1 N–H and O–H groups in total. The maximum Gasteiger partial charge on any atom is 0.0797 e. The van der Waals surface area contributed by atoms with Gasteiger partial charge in [-0.05, 0) is 13.3 Å². The maximum atomic E-state index is 5.13. The van der Waals surface area contributed by atoms with Crippen molar-refractivity contribution >= 4 is 11.3 Å². The molecule has 0 unspecified atom stereocenters. The summed E-state index contributed by atoms with van der Waals surface area (Å²) < 4.78 is 0. The summed E-state index contributed by atoms with van der Waals surface area (Å²) in [6.45, 7) is 3.95. The molecule has 0 aliphatic heterocycles. The van der Waals surface area contributed by atoms with Gasteiger partial charge in [0.2, 0.25) is 0 Å². The highest BCUT2D eigenvalue weighted by molar-refractivity contribution is 7.09. The van der Waals surface area contributed by atoms with E-state index in [1.807, 2.05) is 12.4 Å². The van der Waals surface area contributed by atoms with Crippen molar-refractivity contribution in [3.05, 3.63) is 16.1 Å². The number of nitrogens with zero attached hydrogens (tertiary/aromatic N) is 1. The van der Waals surface area contributed by atoms with E-state index in [-0.39, 0.29) is 0 Å². The van der Waals surface area contributed by atoms with Crippen LogP contribution < -0.4 is 5.32 Å². The van der Waals surface area contributed by atoms with Gasteiger partial charge in [-0.1, -0.05) is 0 Å². The molecule has 0 aromatic carbocycles. The van der Waals surface area contributed by atoms with Gasteiger partial charge in [0.1, 0.15) is 0 Å². The van der Waals surface area contributed by atoms with Gasteiger partial charge in [-0.3, -0.25) is 0 Å². The molecule has 0 spiro atoms. The Bertz CT molecular complexity index is 285. The van der Waals surface area contributed by atoms with E-state index in [2.05, 4.69) is 16.2 Å². The lowest BCUT2D eigenvalue weighted by atomic mass is 10.3. The van der Waals surface area contributed by atoms with Crippen LogP contribution in [0.2, 0.25) is 0 Å². The van der Waals surface area contributed by atoms with Gasteiger partial charge >= 0.3 is 0 Å². The largest absolute Gasteiger partial charge is 0.315 e. The molecule has 0 aliphatic rings. The van der Waals surface area contributed by atoms with Gasteiger partial charge in [0.25, 0.3) is 0 Å². The maximum absolute atomic E-state index is 5.13. The fourth-order valence-electron chi connectivity index (χ4n) is 1.05. The molecule has 0 bridgehead atoms. The van der Waals surface area contributed by atoms with Crippen LogP contribution in [0.5, 0.6) is 0 Å². The predicted octanol–water partition coefficient (Wildman–Crippen LogP) is 1.61. The fourth-order valence-corrected chi connectivity index (χ4v) is 1.83. The number of rotatable bonds is 5. The third-order valence-electron chi connectivity index (χ3n) is 1.82. The van der Waals surface area contributed by atoms with Gasteiger partial charge in [0.05, 0.1) is 11.2 Å². The molecular weight excluding hydrogens is 180 g/mol. The van der Waals surface area contributed by atoms with Crippen LogP contribution in [-0.2, 0) is 6.42 Å². The number of hydrogen-bond acceptors (Lipinski definition) is 3. The molecular formula is C10H14N2S. The fraction of sp³-hybridized carbons (Fsp3) is 0.500. The number of aryl methyl sites for hydroxylation is 1. The van der Waals surface area contributed by atoms with Crippen LogP contribution in [0.4, 0.5) is 0 Å². The van der Waals surface area contributed by atoms with Gasteiger partial charge in [0.15, 0.2) is 0 Å². The summed E-state index contributed by atoms with van der Waals surface area (Å²) in [7, 11) is 0. The zero-order valence-corrected chi connectivity index (χ0v) is 8.66. The summed E-state index contributed by atoms with van der Waals surface area (Å²) in [5.74, 6) is 2.60. The van der Waals surface area contributed by atoms with Crippen LogP contribution in [0, 0.1) is 19.3 Å². The highest BCUT2D eigenvalue weighted by Crippen LogP contribution is 2.11. The molecule has 70 valence electrons. The molecule has 1 aromatic heterocycles. The van der Waals surface area contributed by atoms with Crippen molar-refractivity contribution in [3.63, 3.8) is 0 Å². The number of terminal acetylenes is 1. The van der Waals surface area contributed by atoms with E-state index in [0.29, 0.717) is 0 Å². The average Bonchev–Trinajstić information content (AvgIpc) is 2.52. The Morgan fingerprint density at radius 2 is 2.46 bits per heavy atom. The summed E-state index contributed by atoms with van der Waals surface area (Å²) in [4.78, 5) is 5.56. The van der Waals surface area contributed by atoms with Crippen molar-refractivity contribution in [1.29, 1.82) is 0 Å². The smallest absolute Gasteiger partial charge is 0.0797 e. The van der Waals surface area contributed by atoms with Crippen molar-refractivity contribution in [2.24, 2.45) is 0 Å². The van der Waals surface area contributed by atoms with Gasteiger partial charge in [-0.2, -0.15) is 0 Å². The summed E-state index contributed by atoms with van der Waals surface area (Å²) in [5, 5.41) is 3.29. The second kappa shape index (κ2) is 5.74. The summed E-state index contributed by atoms with van der Waals surface area (Å²) in [5.41, 5.74) is 3.05. The summed E-state index contributed by atoms with van der Waals surface area (Å²) >= 11 is 1.72. The SMILES string of the molecule is C#CCCNCCc1scnc1C. The Hall–Kier alpha value is -0.850. The molecule has 0 radical (unpaired) electrons. The van der Waals surface area contributed by atoms with E-state index >= 15 is 0 Å². The molecule has 0 saturated heterocycles. The molecule has 0 aliphatic carbocycles. The van der Waals surface area contributed by atoms with Gasteiger partial charge < -0.3 is 5.32 Å². The second-order valence-corrected chi connectivity index (χ2v) is 3.75. The molecule has 0 fully saturated rings. The van der Waals surface area contributed by atoms with Crippen molar-refractivity contribution in [3.8, 4) is 12.3 Å². The minimum Gasteiger partial charge on any atom is -0.315 e.